The van der Waals surface area contributed by atoms with Crippen molar-refractivity contribution in [3.63, 3.8) is 0 Å². The van der Waals surface area contributed by atoms with Gasteiger partial charge in [-0.25, -0.2) is 13.2 Å². The van der Waals surface area contributed by atoms with Crippen LogP contribution in [0, 0.1) is 0 Å². The Morgan fingerprint density at radius 1 is 1.33 bits per heavy atom. The molecule has 98 valence electrons. The zero-order valence-corrected chi connectivity index (χ0v) is 10.4. The molecule has 0 aliphatic carbocycles. The molecule has 0 saturated heterocycles. The van der Waals surface area contributed by atoms with Gasteiger partial charge in [-0.1, -0.05) is 6.07 Å². The SMILES string of the molecule is CCOC(=O)CS(=O)(=O)c1cccc(C(=O)O)c1. The average Bonchev–Trinajstić information content (AvgIpc) is 2.28. The van der Waals surface area contributed by atoms with E-state index in [1.165, 1.54) is 18.2 Å². The van der Waals surface area contributed by atoms with E-state index in [1.807, 2.05) is 0 Å². The summed E-state index contributed by atoms with van der Waals surface area (Å²) in [5.74, 6) is -2.90. The zero-order valence-electron chi connectivity index (χ0n) is 9.62. The minimum atomic E-state index is -3.88. The molecule has 6 nitrogen and oxygen atoms in total. The van der Waals surface area contributed by atoms with Crippen molar-refractivity contribution in [3.8, 4) is 0 Å². The third-order valence-electron chi connectivity index (χ3n) is 2.05. The summed E-state index contributed by atoms with van der Waals surface area (Å²) in [7, 11) is -3.88. The van der Waals surface area contributed by atoms with Crippen LogP contribution in [0.4, 0.5) is 0 Å². The molecule has 0 aromatic heterocycles. The van der Waals surface area contributed by atoms with Gasteiger partial charge in [0.05, 0.1) is 17.1 Å². The van der Waals surface area contributed by atoms with Crippen LogP contribution in [-0.2, 0) is 19.4 Å². The van der Waals surface area contributed by atoms with Gasteiger partial charge in [0.2, 0.25) is 0 Å². The Bertz CT molecular complexity index is 561. The summed E-state index contributed by atoms with van der Waals surface area (Å²) in [6.45, 7) is 1.65. The second-order valence-corrected chi connectivity index (χ2v) is 5.39. The van der Waals surface area contributed by atoms with Crippen molar-refractivity contribution in [1.82, 2.24) is 0 Å². The lowest BCUT2D eigenvalue weighted by Crippen LogP contribution is -2.19. The molecular formula is C11H12O6S. The summed E-state index contributed by atoms with van der Waals surface area (Å²) in [6.07, 6.45) is 0. The highest BCUT2D eigenvalue weighted by atomic mass is 32.2. The first-order valence-corrected chi connectivity index (χ1v) is 6.74. The van der Waals surface area contributed by atoms with Crippen LogP contribution < -0.4 is 0 Å². The Hall–Kier alpha value is -1.89. The molecule has 0 spiro atoms. The van der Waals surface area contributed by atoms with Gasteiger partial charge in [-0.15, -0.1) is 0 Å². The van der Waals surface area contributed by atoms with Gasteiger partial charge in [0.1, 0.15) is 0 Å². The van der Waals surface area contributed by atoms with Crippen molar-refractivity contribution in [2.24, 2.45) is 0 Å². The molecule has 1 aromatic carbocycles. The maximum Gasteiger partial charge on any atom is 0.335 e. The molecule has 0 heterocycles. The van der Waals surface area contributed by atoms with Crippen molar-refractivity contribution in [1.29, 1.82) is 0 Å². The number of aromatic carboxylic acids is 1. The van der Waals surface area contributed by atoms with Gasteiger partial charge in [-0.05, 0) is 25.1 Å². The van der Waals surface area contributed by atoms with E-state index in [2.05, 4.69) is 4.74 Å². The molecule has 1 rings (SSSR count). The number of esters is 1. The second-order valence-electron chi connectivity index (χ2n) is 3.40. The van der Waals surface area contributed by atoms with Crippen LogP contribution in [-0.4, -0.2) is 37.8 Å². The fourth-order valence-electron chi connectivity index (χ4n) is 1.26. The van der Waals surface area contributed by atoms with Crippen molar-refractivity contribution in [3.05, 3.63) is 29.8 Å². The van der Waals surface area contributed by atoms with E-state index in [0.29, 0.717) is 0 Å². The topological polar surface area (TPSA) is 97.7 Å². The van der Waals surface area contributed by atoms with Crippen molar-refractivity contribution in [2.45, 2.75) is 11.8 Å². The number of sulfone groups is 1. The predicted octanol–water partition coefficient (Wildman–Crippen LogP) is 0.722. The molecule has 0 amide bonds. The van der Waals surface area contributed by atoms with E-state index >= 15 is 0 Å². The molecule has 1 N–H and O–H groups in total. The number of benzene rings is 1. The first-order valence-electron chi connectivity index (χ1n) is 5.08. The Balaban J connectivity index is 3.02. The molecule has 0 bridgehead atoms. The maximum atomic E-state index is 11.8. The molecular weight excluding hydrogens is 260 g/mol. The maximum absolute atomic E-state index is 11.8. The first-order chi connectivity index (χ1) is 8.36. The van der Waals surface area contributed by atoms with Gasteiger partial charge < -0.3 is 9.84 Å². The minimum absolute atomic E-state index is 0.0868. The monoisotopic (exact) mass is 272 g/mol. The number of ether oxygens (including phenoxy) is 1. The van der Waals surface area contributed by atoms with Gasteiger partial charge in [0.25, 0.3) is 0 Å². The number of carboxylic acid groups (broad SMARTS) is 1. The highest BCUT2D eigenvalue weighted by molar-refractivity contribution is 7.92. The van der Waals surface area contributed by atoms with Crippen LogP contribution in [0.1, 0.15) is 17.3 Å². The largest absolute Gasteiger partial charge is 0.478 e. The minimum Gasteiger partial charge on any atom is -0.478 e. The van der Waals surface area contributed by atoms with E-state index < -0.39 is 27.5 Å². The predicted molar refractivity (Wildman–Crippen MR) is 62.1 cm³/mol. The Labute approximate surface area is 104 Å². The van der Waals surface area contributed by atoms with E-state index in [0.717, 1.165) is 6.07 Å². The van der Waals surface area contributed by atoms with Crippen molar-refractivity contribution >= 4 is 21.8 Å². The molecule has 18 heavy (non-hydrogen) atoms. The second kappa shape index (κ2) is 5.63. The number of rotatable bonds is 5. The summed E-state index contributed by atoms with van der Waals surface area (Å²) in [6, 6.07) is 4.82. The van der Waals surface area contributed by atoms with Crippen molar-refractivity contribution in [2.75, 3.05) is 12.4 Å². The number of hydrogen-bond donors (Lipinski definition) is 1. The van der Waals surface area contributed by atoms with Crippen LogP contribution in [0.15, 0.2) is 29.2 Å². The highest BCUT2D eigenvalue weighted by Crippen LogP contribution is 2.13. The number of hydrogen-bond acceptors (Lipinski definition) is 5. The lowest BCUT2D eigenvalue weighted by molar-refractivity contribution is -0.139. The van der Waals surface area contributed by atoms with Gasteiger partial charge in [0, 0.05) is 0 Å². The van der Waals surface area contributed by atoms with Gasteiger partial charge in [-0.2, -0.15) is 0 Å². The van der Waals surface area contributed by atoms with E-state index in [9.17, 15) is 18.0 Å². The standard InChI is InChI=1S/C11H12O6S/c1-2-17-10(12)7-18(15,16)9-5-3-4-8(6-9)11(13)14/h3-6H,2,7H2,1H3,(H,13,14). The van der Waals surface area contributed by atoms with Crippen LogP contribution in [0.3, 0.4) is 0 Å². The Morgan fingerprint density at radius 2 is 2.00 bits per heavy atom. The van der Waals surface area contributed by atoms with E-state index in [-0.39, 0.29) is 17.1 Å². The van der Waals surface area contributed by atoms with Crippen LogP contribution in [0.5, 0.6) is 0 Å². The third-order valence-corrected chi connectivity index (χ3v) is 3.64. The van der Waals surface area contributed by atoms with Gasteiger partial charge in [-0.3, -0.25) is 4.79 Å². The van der Waals surface area contributed by atoms with Crippen LogP contribution >= 0.6 is 0 Å². The molecule has 0 atom stereocenters. The van der Waals surface area contributed by atoms with E-state index in [1.54, 1.807) is 6.92 Å². The number of carbonyl (C=O) groups excluding carboxylic acids is 1. The van der Waals surface area contributed by atoms with Crippen LogP contribution in [0.2, 0.25) is 0 Å². The molecule has 0 saturated carbocycles. The Kier molecular flexibility index (Phi) is 4.43. The summed E-state index contributed by atoms with van der Waals surface area (Å²) in [4.78, 5) is 21.6. The highest BCUT2D eigenvalue weighted by Gasteiger charge is 2.21. The molecule has 0 radical (unpaired) electrons. The molecule has 0 unspecified atom stereocenters. The molecule has 1 aromatic rings. The number of carboxylic acids is 1. The summed E-state index contributed by atoms with van der Waals surface area (Å²) >= 11 is 0. The summed E-state index contributed by atoms with van der Waals surface area (Å²) in [5, 5.41) is 8.75. The fourth-order valence-corrected chi connectivity index (χ4v) is 2.42. The average molecular weight is 272 g/mol. The zero-order chi connectivity index (χ0) is 13.8. The fraction of sp³-hybridized carbons (Fsp3) is 0.273. The normalized spacial score (nSPS) is 10.9. The first kappa shape index (κ1) is 14.2. The molecule has 0 aliphatic heterocycles. The van der Waals surface area contributed by atoms with E-state index in [4.69, 9.17) is 5.11 Å². The van der Waals surface area contributed by atoms with Gasteiger partial charge >= 0.3 is 11.9 Å². The van der Waals surface area contributed by atoms with Gasteiger partial charge in [0.15, 0.2) is 15.6 Å². The molecule has 7 heteroatoms. The molecule has 0 aliphatic rings. The molecule has 0 fully saturated rings. The van der Waals surface area contributed by atoms with Crippen LogP contribution in [0.25, 0.3) is 0 Å². The smallest absolute Gasteiger partial charge is 0.335 e. The number of carbonyl (C=O) groups is 2. The Morgan fingerprint density at radius 3 is 2.56 bits per heavy atom. The summed E-state index contributed by atoms with van der Waals surface area (Å²) < 4.78 is 28.1. The van der Waals surface area contributed by atoms with Crippen molar-refractivity contribution < 1.29 is 27.9 Å². The quantitative estimate of drug-likeness (QED) is 0.793. The lowest BCUT2D eigenvalue weighted by Gasteiger charge is -2.05. The lowest BCUT2D eigenvalue weighted by atomic mass is 10.2. The summed E-state index contributed by atoms with van der Waals surface area (Å²) in [5.41, 5.74) is -0.153. The third kappa shape index (κ3) is 3.56.